The first-order valence-electron chi connectivity index (χ1n) is 13.1. The first-order valence-corrected chi connectivity index (χ1v) is 14.0. The summed E-state index contributed by atoms with van der Waals surface area (Å²) in [6, 6.07) is 5.15. The lowest BCUT2D eigenvalue weighted by Crippen LogP contribution is -2.32. The molecule has 5 rings (SSSR count). The lowest BCUT2D eigenvalue weighted by atomic mass is 9.95. The molecule has 198 valence electrons. The van der Waals surface area contributed by atoms with Gasteiger partial charge >= 0.3 is 0 Å². The highest BCUT2D eigenvalue weighted by Gasteiger charge is 2.27. The van der Waals surface area contributed by atoms with E-state index in [9.17, 15) is 14.4 Å². The van der Waals surface area contributed by atoms with Crippen LogP contribution in [-0.2, 0) is 19.4 Å². The first-order chi connectivity index (χ1) is 18.3. The maximum absolute atomic E-state index is 13.7. The second-order valence-corrected chi connectivity index (χ2v) is 10.9. The van der Waals surface area contributed by atoms with Gasteiger partial charge in [0.05, 0.1) is 16.5 Å². The van der Waals surface area contributed by atoms with Gasteiger partial charge in [-0.1, -0.05) is 25.8 Å². The highest BCUT2D eigenvalue weighted by molar-refractivity contribution is 7.17. The van der Waals surface area contributed by atoms with E-state index in [0.717, 1.165) is 60.9 Å². The van der Waals surface area contributed by atoms with Gasteiger partial charge in [-0.3, -0.25) is 24.2 Å². The van der Waals surface area contributed by atoms with E-state index in [4.69, 9.17) is 10.4 Å². The number of thiophene rings is 1. The number of nitrogens with zero attached hydrogens (tertiary/aromatic N) is 3. The van der Waals surface area contributed by atoms with Crippen molar-refractivity contribution in [3.63, 3.8) is 0 Å². The van der Waals surface area contributed by atoms with Crippen LogP contribution in [0.5, 0.6) is 0 Å². The van der Waals surface area contributed by atoms with Gasteiger partial charge in [0.1, 0.15) is 21.8 Å². The van der Waals surface area contributed by atoms with Crippen molar-refractivity contribution in [3.05, 3.63) is 67.4 Å². The number of pyridine rings is 2. The predicted octanol–water partition coefficient (Wildman–Crippen LogP) is 4.18. The molecule has 0 aromatic carbocycles. The van der Waals surface area contributed by atoms with Gasteiger partial charge in [0.15, 0.2) is 0 Å². The number of aryl methyl sites for hydroxylation is 3. The third-order valence-corrected chi connectivity index (χ3v) is 8.42. The maximum atomic E-state index is 13.7. The molecule has 3 N–H and O–H groups in total. The summed E-state index contributed by atoms with van der Waals surface area (Å²) in [4.78, 5) is 45.9. The van der Waals surface area contributed by atoms with Crippen LogP contribution in [-0.4, -0.2) is 32.8 Å². The second kappa shape index (κ2) is 10.5. The summed E-state index contributed by atoms with van der Waals surface area (Å²) < 4.78 is 3.16. The molecule has 4 aromatic rings. The van der Waals surface area contributed by atoms with Gasteiger partial charge in [-0.15, -0.1) is 11.3 Å². The van der Waals surface area contributed by atoms with E-state index in [0.29, 0.717) is 28.4 Å². The van der Waals surface area contributed by atoms with Gasteiger partial charge in [0.25, 0.3) is 17.4 Å². The SMILES string of the molecule is CCCCCn1c(=N)c(C(=O)Nc2sc3c(c2C(=O)NC)CCCC3)cc2c(=O)n3cccc(C)c3nc21. The molecular formula is C28H32N6O3S. The quantitative estimate of drug-likeness (QED) is 0.244. The minimum absolute atomic E-state index is 0.00116. The monoisotopic (exact) mass is 532 g/mol. The normalized spacial score (nSPS) is 13.0. The highest BCUT2D eigenvalue weighted by Crippen LogP contribution is 2.38. The molecule has 0 atom stereocenters. The van der Waals surface area contributed by atoms with Crippen LogP contribution >= 0.6 is 11.3 Å². The number of unbranched alkanes of at least 4 members (excludes halogenated alkanes) is 2. The average molecular weight is 533 g/mol. The topological polar surface area (TPSA) is 121 Å². The molecule has 0 fully saturated rings. The Morgan fingerprint density at radius 2 is 1.95 bits per heavy atom. The lowest BCUT2D eigenvalue weighted by Gasteiger charge is -2.15. The first kappa shape index (κ1) is 25.8. The number of nitrogens with one attached hydrogen (secondary N) is 3. The zero-order chi connectivity index (χ0) is 27.0. The molecule has 0 radical (unpaired) electrons. The van der Waals surface area contributed by atoms with Crippen LogP contribution in [0.2, 0.25) is 0 Å². The third kappa shape index (κ3) is 4.42. The zero-order valence-corrected chi connectivity index (χ0v) is 22.8. The summed E-state index contributed by atoms with van der Waals surface area (Å²) >= 11 is 1.43. The van der Waals surface area contributed by atoms with Crippen molar-refractivity contribution in [3.8, 4) is 0 Å². The van der Waals surface area contributed by atoms with Crippen LogP contribution in [0, 0.1) is 12.3 Å². The van der Waals surface area contributed by atoms with Crippen LogP contribution < -0.4 is 21.7 Å². The van der Waals surface area contributed by atoms with E-state index in [1.165, 1.54) is 21.8 Å². The van der Waals surface area contributed by atoms with Gasteiger partial charge in [-0.25, -0.2) is 4.98 Å². The van der Waals surface area contributed by atoms with Crippen molar-refractivity contribution in [1.82, 2.24) is 19.3 Å². The van der Waals surface area contributed by atoms with E-state index >= 15 is 0 Å². The fourth-order valence-corrected chi connectivity index (χ4v) is 6.48. The second-order valence-electron chi connectivity index (χ2n) is 9.75. The molecule has 0 saturated heterocycles. The zero-order valence-electron chi connectivity index (χ0n) is 21.9. The molecular weight excluding hydrogens is 500 g/mol. The van der Waals surface area contributed by atoms with Gasteiger partial charge in [0, 0.05) is 24.7 Å². The van der Waals surface area contributed by atoms with E-state index < -0.39 is 5.91 Å². The summed E-state index contributed by atoms with van der Waals surface area (Å²) in [5, 5.41) is 15.4. The molecule has 1 aliphatic rings. The fourth-order valence-electron chi connectivity index (χ4n) is 5.20. The van der Waals surface area contributed by atoms with Crippen molar-refractivity contribution in [1.29, 1.82) is 5.41 Å². The van der Waals surface area contributed by atoms with E-state index in [2.05, 4.69) is 17.6 Å². The van der Waals surface area contributed by atoms with Crippen LogP contribution in [0.15, 0.2) is 29.2 Å². The van der Waals surface area contributed by atoms with E-state index in [1.807, 2.05) is 13.0 Å². The van der Waals surface area contributed by atoms with Crippen LogP contribution in [0.4, 0.5) is 5.00 Å². The highest BCUT2D eigenvalue weighted by atomic mass is 32.1. The number of fused-ring (bicyclic) bond motifs is 3. The number of rotatable bonds is 7. The Hall–Kier alpha value is -3.79. The molecule has 4 aromatic heterocycles. The van der Waals surface area contributed by atoms with Crippen molar-refractivity contribution >= 4 is 44.8 Å². The number of carbonyl (C=O) groups is 2. The van der Waals surface area contributed by atoms with Gasteiger partial charge in [-0.05, 0) is 62.3 Å². The predicted molar refractivity (Wildman–Crippen MR) is 149 cm³/mol. The summed E-state index contributed by atoms with van der Waals surface area (Å²) in [6.07, 6.45) is 8.14. The minimum Gasteiger partial charge on any atom is -0.355 e. The smallest absolute Gasteiger partial charge is 0.267 e. The van der Waals surface area contributed by atoms with Crippen molar-refractivity contribution < 1.29 is 9.59 Å². The molecule has 1 aliphatic carbocycles. The summed E-state index contributed by atoms with van der Waals surface area (Å²) in [5.74, 6) is -0.748. The fraction of sp³-hybridized carbons (Fsp3) is 0.393. The van der Waals surface area contributed by atoms with Crippen molar-refractivity contribution in [2.45, 2.75) is 65.3 Å². The van der Waals surface area contributed by atoms with Crippen molar-refractivity contribution in [2.24, 2.45) is 0 Å². The summed E-state index contributed by atoms with van der Waals surface area (Å²) in [7, 11) is 1.58. The van der Waals surface area contributed by atoms with Gasteiger partial charge in [-0.2, -0.15) is 0 Å². The number of hydrogen-bond acceptors (Lipinski definition) is 6. The Labute approximate surface area is 224 Å². The third-order valence-electron chi connectivity index (χ3n) is 7.22. The summed E-state index contributed by atoms with van der Waals surface area (Å²) in [5.41, 5.74) is 3.08. The Morgan fingerprint density at radius 1 is 1.16 bits per heavy atom. The molecule has 9 nitrogen and oxygen atoms in total. The van der Waals surface area contributed by atoms with E-state index in [1.54, 1.807) is 23.9 Å². The molecule has 4 heterocycles. The number of amides is 2. The number of carbonyl (C=O) groups excluding carboxylic acids is 2. The van der Waals surface area contributed by atoms with Crippen LogP contribution in [0.25, 0.3) is 16.7 Å². The minimum atomic E-state index is -0.515. The molecule has 2 amide bonds. The molecule has 0 spiro atoms. The maximum Gasteiger partial charge on any atom is 0.267 e. The molecule has 10 heteroatoms. The molecule has 0 unspecified atom stereocenters. The van der Waals surface area contributed by atoms with Crippen LogP contribution in [0.3, 0.4) is 0 Å². The Morgan fingerprint density at radius 3 is 2.71 bits per heavy atom. The number of hydrogen-bond donors (Lipinski definition) is 3. The van der Waals surface area contributed by atoms with E-state index in [-0.39, 0.29) is 27.9 Å². The Balaban J connectivity index is 1.66. The van der Waals surface area contributed by atoms with Gasteiger partial charge < -0.3 is 15.2 Å². The molecule has 38 heavy (non-hydrogen) atoms. The Kier molecular flexibility index (Phi) is 7.16. The molecule has 0 saturated carbocycles. The van der Waals surface area contributed by atoms with Crippen molar-refractivity contribution in [2.75, 3.05) is 12.4 Å². The number of aromatic nitrogens is 3. The number of anilines is 1. The van der Waals surface area contributed by atoms with Crippen LogP contribution in [0.1, 0.15) is 75.7 Å². The summed E-state index contributed by atoms with van der Waals surface area (Å²) in [6.45, 7) is 4.46. The lowest BCUT2D eigenvalue weighted by molar-refractivity contribution is 0.0963. The van der Waals surface area contributed by atoms with Gasteiger partial charge in [0.2, 0.25) is 0 Å². The average Bonchev–Trinajstić information content (AvgIpc) is 3.28. The largest absolute Gasteiger partial charge is 0.355 e. The Bertz CT molecular complexity index is 1700. The standard InChI is InChI=1S/C28H32N6O3S/c1-4-5-8-13-33-22(29)18(15-19-24(33)31-23-16(2)10-9-14-34(23)28(19)37)25(35)32-27-21(26(36)30-3)17-11-6-7-12-20(17)38-27/h9-10,14-15,29H,4-8,11-13H2,1-3H3,(H,30,36)(H,32,35). The molecule has 0 aliphatic heterocycles. The molecule has 0 bridgehead atoms.